The third-order valence-electron chi connectivity index (χ3n) is 13.3. The number of ether oxygens (including phenoxy) is 4. The zero-order chi connectivity index (χ0) is 59.6. The predicted octanol–water partition coefficient (Wildman–Crippen LogP) is 6.28. The molecule has 0 bridgehead atoms. The third-order valence-corrected chi connectivity index (χ3v) is 13.3. The van der Waals surface area contributed by atoms with E-state index in [1.807, 2.05) is 6.92 Å². The van der Waals surface area contributed by atoms with Crippen LogP contribution in [0.4, 0.5) is 0 Å². The van der Waals surface area contributed by atoms with Crippen LogP contribution in [0.15, 0.2) is 0 Å². The van der Waals surface area contributed by atoms with Crippen molar-refractivity contribution in [2.45, 2.75) is 219 Å². The van der Waals surface area contributed by atoms with Crippen LogP contribution in [0.1, 0.15) is 206 Å². The Bertz CT molecular complexity index is 1800. The van der Waals surface area contributed by atoms with E-state index >= 15 is 0 Å². The van der Waals surface area contributed by atoms with Crippen LogP contribution in [-0.4, -0.2) is 163 Å². The van der Waals surface area contributed by atoms with Crippen molar-refractivity contribution in [2.75, 3.05) is 65.9 Å². The highest BCUT2D eigenvalue weighted by atomic mass is 16.5. The first-order chi connectivity index (χ1) is 38.3. The maximum atomic E-state index is 12.5. The van der Waals surface area contributed by atoms with E-state index in [9.17, 15) is 68.1 Å². The van der Waals surface area contributed by atoms with E-state index in [-0.39, 0.29) is 152 Å². The molecule has 0 saturated carbocycles. The van der Waals surface area contributed by atoms with Gasteiger partial charge in [-0.05, 0) is 64.7 Å². The number of carboxylic acids is 4. The molecule has 0 aromatic heterocycles. The van der Waals surface area contributed by atoms with Gasteiger partial charge in [0, 0.05) is 70.6 Å². The summed E-state index contributed by atoms with van der Waals surface area (Å²) in [5.74, 6) is -7.76. The first-order valence-electron chi connectivity index (χ1n) is 29.2. The highest BCUT2D eigenvalue weighted by molar-refractivity contribution is 5.87. The monoisotopic (exact) mass is 1140 g/mol. The molecule has 8 N–H and O–H groups in total. The molecule has 0 spiro atoms. The molecule has 80 heavy (non-hydrogen) atoms. The van der Waals surface area contributed by atoms with E-state index in [0.717, 1.165) is 70.6 Å². The number of hydrogen-bond donors (Lipinski definition) is 8. The van der Waals surface area contributed by atoms with Gasteiger partial charge in [-0.25, -0.2) is 9.59 Å². The molecule has 0 saturated heterocycles. The Balaban J connectivity index is 3.95. The highest BCUT2D eigenvalue weighted by Crippen LogP contribution is 2.16. The van der Waals surface area contributed by atoms with Gasteiger partial charge in [0.05, 0.1) is 39.0 Å². The average Bonchev–Trinajstić information content (AvgIpc) is 3.40. The van der Waals surface area contributed by atoms with E-state index in [1.54, 1.807) is 6.92 Å². The van der Waals surface area contributed by atoms with E-state index < -0.39 is 60.0 Å². The topological polar surface area (TPSA) is 354 Å². The van der Waals surface area contributed by atoms with Gasteiger partial charge in [0.1, 0.15) is 36.9 Å². The Morgan fingerprint density at radius 2 is 0.850 bits per heavy atom. The summed E-state index contributed by atoms with van der Waals surface area (Å²) in [4.78, 5) is 131. The van der Waals surface area contributed by atoms with Crippen molar-refractivity contribution < 1.29 is 92.1 Å². The number of nitrogens with one attached hydrogen (secondary N) is 4. The Labute approximate surface area is 473 Å². The Morgan fingerprint density at radius 3 is 1.41 bits per heavy atom. The van der Waals surface area contributed by atoms with E-state index in [2.05, 4.69) is 21.3 Å². The molecular formula is C57H98N4O19. The number of carbonyl (C=O) groups excluding carboxylic acids is 7. The summed E-state index contributed by atoms with van der Waals surface area (Å²) in [7, 11) is 0. The van der Waals surface area contributed by atoms with Crippen molar-refractivity contribution in [3.05, 3.63) is 0 Å². The fourth-order valence-electron chi connectivity index (χ4n) is 8.32. The summed E-state index contributed by atoms with van der Waals surface area (Å²) in [6.07, 6.45) is 18.4. The molecule has 0 heterocycles. The van der Waals surface area contributed by atoms with Gasteiger partial charge in [-0.2, -0.15) is 0 Å². The van der Waals surface area contributed by atoms with Crippen LogP contribution < -0.4 is 21.3 Å². The number of ketones is 3. The average molecular weight is 1140 g/mol. The van der Waals surface area contributed by atoms with Gasteiger partial charge in [0.2, 0.25) is 23.6 Å². The lowest BCUT2D eigenvalue weighted by Crippen LogP contribution is -2.41. The second-order valence-electron chi connectivity index (χ2n) is 20.5. The van der Waals surface area contributed by atoms with Gasteiger partial charge in [-0.15, -0.1) is 0 Å². The molecule has 0 aliphatic heterocycles. The molecule has 460 valence electrons. The molecule has 0 aliphatic rings. The summed E-state index contributed by atoms with van der Waals surface area (Å²) >= 11 is 0. The van der Waals surface area contributed by atoms with Crippen molar-refractivity contribution in [3.8, 4) is 0 Å². The minimum Gasteiger partial charge on any atom is -0.481 e. The van der Waals surface area contributed by atoms with Gasteiger partial charge < -0.3 is 60.6 Å². The van der Waals surface area contributed by atoms with Crippen LogP contribution in [0, 0.1) is 11.8 Å². The number of hydrogen-bond acceptors (Lipinski definition) is 15. The molecule has 0 aromatic carbocycles. The lowest BCUT2D eigenvalue weighted by molar-refractivity contribution is -0.145. The smallest absolute Gasteiger partial charge is 0.326 e. The molecule has 0 aromatic rings. The summed E-state index contributed by atoms with van der Waals surface area (Å²) in [5, 5.41) is 47.8. The zero-order valence-corrected chi connectivity index (χ0v) is 48.0. The maximum Gasteiger partial charge on any atom is 0.326 e. The number of aliphatic carboxylic acids is 4. The minimum absolute atomic E-state index is 0.00190. The standard InChI is InChI=1S/C57H98N4O19/c1-43(44(2)62)22-19-20-32-58-50(65)25-18-17-24-48(56(73)74)60-52(67)31-28-45(55(71)72)40-47(64)41-79-38-37-78-35-33-59-53(68)42-80-39-36-77-34-21-23-46(63)29-30-49(57(75)76)61-51(66)26-15-13-11-9-7-5-3-4-6-8-10-12-14-16-27-54(69)70/h43,45,48-49H,3-42H2,1-2H3,(H,58,65)(H,59,68)(H,60,67)(H,61,66)(H,69,70)(H,71,72)(H,73,74)(H,75,76)/t43-,45+,48-,49-/m0/s1. The van der Waals surface area contributed by atoms with Crippen LogP contribution in [0.3, 0.4) is 0 Å². The predicted molar refractivity (Wildman–Crippen MR) is 296 cm³/mol. The number of carbonyl (C=O) groups is 11. The molecule has 0 fully saturated rings. The lowest BCUT2D eigenvalue weighted by atomic mass is 9.97. The van der Waals surface area contributed by atoms with E-state index in [1.165, 1.54) is 32.1 Å². The quantitative estimate of drug-likeness (QED) is 0.0311. The third kappa shape index (κ3) is 47.4. The molecule has 0 rings (SSSR count). The van der Waals surface area contributed by atoms with Crippen LogP contribution >= 0.6 is 0 Å². The lowest BCUT2D eigenvalue weighted by Gasteiger charge is -2.16. The Morgan fingerprint density at radius 1 is 0.375 bits per heavy atom. The van der Waals surface area contributed by atoms with Crippen LogP contribution in [0.5, 0.6) is 0 Å². The first kappa shape index (κ1) is 74.6. The van der Waals surface area contributed by atoms with Gasteiger partial charge >= 0.3 is 23.9 Å². The van der Waals surface area contributed by atoms with Gasteiger partial charge in [0.25, 0.3) is 0 Å². The van der Waals surface area contributed by atoms with E-state index in [0.29, 0.717) is 32.2 Å². The van der Waals surface area contributed by atoms with Gasteiger partial charge in [-0.3, -0.25) is 43.2 Å². The van der Waals surface area contributed by atoms with Crippen molar-refractivity contribution in [2.24, 2.45) is 11.8 Å². The van der Waals surface area contributed by atoms with Gasteiger partial charge in [0.15, 0.2) is 5.78 Å². The Kier molecular flexibility index (Phi) is 47.2. The first-order valence-corrected chi connectivity index (χ1v) is 29.2. The minimum atomic E-state index is -1.29. The van der Waals surface area contributed by atoms with Crippen molar-refractivity contribution >= 4 is 64.9 Å². The molecule has 23 heteroatoms. The van der Waals surface area contributed by atoms with Gasteiger partial charge in [-0.1, -0.05) is 96.8 Å². The van der Waals surface area contributed by atoms with Crippen molar-refractivity contribution in [1.82, 2.24) is 21.3 Å². The molecule has 0 unspecified atom stereocenters. The molecule has 0 aliphatic carbocycles. The summed E-state index contributed by atoms with van der Waals surface area (Å²) in [6, 6.07) is -2.36. The number of unbranched alkanes of at least 4 members (excludes halogenated alkanes) is 15. The van der Waals surface area contributed by atoms with Crippen molar-refractivity contribution in [1.29, 1.82) is 0 Å². The largest absolute Gasteiger partial charge is 0.481 e. The molecule has 4 atom stereocenters. The SMILES string of the molecule is CC(=O)[C@@H](C)CCCCNC(=O)CCCC[C@H](NC(=O)CC[C@H](CC(=O)COCCOCCNC(=O)COCCOCCCC(=O)CC[C@H](NC(=O)CCCCCCCCCCCCCCCCC(=O)O)C(=O)O)C(=O)O)C(=O)O. The van der Waals surface area contributed by atoms with Crippen LogP contribution in [0.25, 0.3) is 0 Å². The molecule has 23 nitrogen and oxygen atoms in total. The zero-order valence-electron chi connectivity index (χ0n) is 48.0. The van der Waals surface area contributed by atoms with Crippen molar-refractivity contribution in [3.63, 3.8) is 0 Å². The second kappa shape index (κ2) is 50.6. The summed E-state index contributed by atoms with van der Waals surface area (Å²) in [6.45, 7) is 4.26. The fraction of sp³-hybridized carbons (Fsp3) is 0.807. The summed E-state index contributed by atoms with van der Waals surface area (Å²) in [5.41, 5.74) is 0. The van der Waals surface area contributed by atoms with Crippen LogP contribution in [-0.2, 0) is 71.7 Å². The normalized spacial score (nSPS) is 12.6. The number of carboxylic acid groups (broad SMARTS) is 4. The van der Waals surface area contributed by atoms with Crippen LogP contribution in [0.2, 0.25) is 0 Å². The molecular weight excluding hydrogens is 1040 g/mol. The second-order valence-corrected chi connectivity index (χ2v) is 20.5. The molecule has 4 amide bonds. The maximum absolute atomic E-state index is 12.5. The highest BCUT2D eigenvalue weighted by Gasteiger charge is 2.25. The molecule has 0 radical (unpaired) electrons. The number of Topliss-reactive ketones (excluding diaryl/α,β-unsaturated/α-hetero) is 3. The fourth-order valence-corrected chi connectivity index (χ4v) is 8.32. The number of rotatable bonds is 58. The number of amides is 4. The van der Waals surface area contributed by atoms with E-state index in [4.69, 9.17) is 24.1 Å². The Hall–Kier alpha value is -5.39. The summed E-state index contributed by atoms with van der Waals surface area (Å²) < 4.78 is 21.4.